The lowest BCUT2D eigenvalue weighted by Crippen LogP contribution is -2.12. The molecule has 0 atom stereocenters. The van der Waals surface area contributed by atoms with Crippen LogP contribution in [-0.2, 0) is 11.3 Å². The summed E-state index contributed by atoms with van der Waals surface area (Å²) in [6.45, 7) is 0.138. The number of azide groups is 1. The number of nitrogens with one attached hydrogen (secondary N) is 1. The van der Waals surface area contributed by atoms with Gasteiger partial charge in [-0.05, 0) is 30.5 Å². The largest absolute Gasteiger partial charge is 0.361 e. The van der Waals surface area contributed by atoms with E-state index in [2.05, 4.69) is 20.5 Å². The second-order valence-electron chi connectivity index (χ2n) is 4.91. The van der Waals surface area contributed by atoms with E-state index in [4.69, 9.17) is 10.1 Å². The summed E-state index contributed by atoms with van der Waals surface area (Å²) in [4.78, 5) is 14.3. The summed E-state index contributed by atoms with van der Waals surface area (Å²) in [6.07, 6.45) is 1.97. The fourth-order valence-corrected chi connectivity index (χ4v) is 1.94. The number of hydrogen-bond donors (Lipinski definition) is 1. The molecule has 0 unspecified atom stereocenters. The second kappa shape index (κ2) is 5.68. The molecule has 106 valence electrons. The topological polar surface area (TPSA) is 104 Å². The van der Waals surface area contributed by atoms with Crippen molar-refractivity contribution in [3.05, 3.63) is 46.5 Å². The normalized spacial score (nSPS) is 13.5. The quantitative estimate of drug-likeness (QED) is 0.515. The van der Waals surface area contributed by atoms with Gasteiger partial charge in [-0.3, -0.25) is 4.79 Å². The average molecular weight is 283 g/mol. The molecule has 1 aromatic carbocycles. The minimum absolute atomic E-state index is 0.0841. The molecule has 7 heteroatoms. The number of hydrogen-bond acceptors (Lipinski definition) is 4. The zero-order chi connectivity index (χ0) is 14.7. The molecule has 0 aliphatic heterocycles. The Bertz CT molecular complexity index is 696. The van der Waals surface area contributed by atoms with Crippen molar-refractivity contribution in [1.82, 2.24) is 5.16 Å². The summed E-state index contributed by atoms with van der Waals surface area (Å²) in [5.41, 5.74) is 10.6. The van der Waals surface area contributed by atoms with Crippen molar-refractivity contribution >= 4 is 11.6 Å². The zero-order valence-corrected chi connectivity index (χ0v) is 11.2. The van der Waals surface area contributed by atoms with Gasteiger partial charge in [0.25, 0.3) is 0 Å². The molecule has 1 heterocycles. The predicted molar refractivity (Wildman–Crippen MR) is 76.1 cm³/mol. The summed E-state index contributed by atoms with van der Waals surface area (Å²) < 4.78 is 5.07. The van der Waals surface area contributed by atoms with Crippen LogP contribution in [0, 0.1) is 5.92 Å². The van der Waals surface area contributed by atoms with Crippen LogP contribution in [0.2, 0.25) is 0 Å². The van der Waals surface area contributed by atoms with Crippen LogP contribution in [-0.4, -0.2) is 11.1 Å². The van der Waals surface area contributed by atoms with Crippen LogP contribution in [0.1, 0.15) is 18.6 Å². The fourth-order valence-electron chi connectivity index (χ4n) is 1.94. The highest BCUT2D eigenvalue weighted by Gasteiger charge is 2.29. The molecule has 0 radical (unpaired) electrons. The number of carbonyl (C=O) groups is 1. The average Bonchev–Trinajstić information content (AvgIpc) is 3.25. The van der Waals surface area contributed by atoms with Gasteiger partial charge in [-0.15, -0.1) is 0 Å². The third-order valence-corrected chi connectivity index (χ3v) is 3.25. The van der Waals surface area contributed by atoms with Gasteiger partial charge in [-0.25, -0.2) is 0 Å². The van der Waals surface area contributed by atoms with Gasteiger partial charge in [0.1, 0.15) is 11.5 Å². The minimum atomic E-state index is 0.0841. The van der Waals surface area contributed by atoms with Gasteiger partial charge in [-0.2, -0.15) is 0 Å². The SMILES string of the molecule is [N-]=[N+]=NCc1cc(-c2ccc(NC(=O)C3CC3)cc2)no1. The number of anilines is 1. The first-order valence-corrected chi connectivity index (χ1v) is 6.64. The first kappa shape index (κ1) is 13.2. The van der Waals surface area contributed by atoms with Crippen molar-refractivity contribution < 1.29 is 9.32 Å². The smallest absolute Gasteiger partial charge is 0.227 e. The maximum Gasteiger partial charge on any atom is 0.227 e. The van der Waals surface area contributed by atoms with Crippen LogP contribution in [0.3, 0.4) is 0 Å². The van der Waals surface area contributed by atoms with Crippen LogP contribution in [0.15, 0.2) is 40.0 Å². The number of nitrogens with zero attached hydrogens (tertiary/aromatic N) is 4. The highest BCUT2D eigenvalue weighted by atomic mass is 16.5. The van der Waals surface area contributed by atoms with Crippen molar-refractivity contribution in [3.8, 4) is 11.3 Å². The number of carbonyl (C=O) groups excluding carboxylic acids is 1. The Morgan fingerprint density at radius 3 is 2.86 bits per heavy atom. The zero-order valence-electron chi connectivity index (χ0n) is 11.2. The van der Waals surface area contributed by atoms with E-state index in [1.165, 1.54) is 0 Å². The standard InChI is InChI=1S/C14H13N5O2/c15-19-16-8-12-7-13(18-21-12)9-3-5-11(6-4-9)17-14(20)10-1-2-10/h3-7,10H,1-2,8H2,(H,17,20). The second-order valence-corrected chi connectivity index (χ2v) is 4.91. The Labute approximate surface area is 120 Å². The van der Waals surface area contributed by atoms with E-state index < -0.39 is 0 Å². The van der Waals surface area contributed by atoms with Crippen molar-refractivity contribution in [2.75, 3.05) is 5.32 Å². The van der Waals surface area contributed by atoms with Gasteiger partial charge in [0.15, 0.2) is 0 Å². The van der Waals surface area contributed by atoms with E-state index in [9.17, 15) is 4.79 Å². The summed E-state index contributed by atoms with van der Waals surface area (Å²) in [5.74, 6) is 0.776. The Morgan fingerprint density at radius 2 is 2.19 bits per heavy atom. The Hall–Kier alpha value is -2.79. The fraction of sp³-hybridized carbons (Fsp3) is 0.286. The summed E-state index contributed by atoms with van der Waals surface area (Å²) in [6, 6.07) is 9.11. The molecular formula is C14H13N5O2. The molecule has 21 heavy (non-hydrogen) atoms. The van der Waals surface area contributed by atoms with Gasteiger partial charge < -0.3 is 9.84 Å². The highest BCUT2D eigenvalue weighted by Crippen LogP contribution is 2.30. The highest BCUT2D eigenvalue weighted by molar-refractivity contribution is 5.94. The van der Waals surface area contributed by atoms with E-state index in [0.29, 0.717) is 11.5 Å². The van der Waals surface area contributed by atoms with Crippen molar-refractivity contribution in [3.63, 3.8) is 0 Å². The van der Waals surface area contributed by atoms with Crippen LogP contribution in [0.4, 0.5) is 5.69 Å². The molecular weight excluding hydrogens is 270 g/mol. The first-order valence-electron chi connectivity index (χ1n) is 6.64. The van der Waals surface area contributed by atoms with Gasteiger partial charge >= 0.3 is 0 Å². The molecule has 1 aromatic heterocycles. The molecule has 0 saturated heterocycles. The molecule has 3 rings (SSSR count). The van der Waals surface area contributed by atoms with Crippen molar-refractivity contribution in [2.24, 2.45) is 11.0 Å². The molecule has 0 spiro atoms. The lowest BCUT2D eigenvalue weighted by atomic mass is 10.1. The van der Waals surface area contributed by atoms with Gasteiger partial charge in [-0.1, -0.05) is 22.4 Å². The maximum absolute atomic E-state index is 11.7. The van der Waals surface area contributed by atoms with Crippen molar-refractivity contribution in [1.29, 1.82) is 0 Å². The lowest BCUT2D eigenvalue weighted by molar-refractivity contribution is -0.117. The summed E-state index contributed by atoms with van der Waals surface area (Å²) in [7, 11) is 0. The van der Waals surface area contributed by atoms with E-state index in [1.54, 1.807) is 6.07 Å². The molecule has 1 fully saturated rings. The lowest BCUT2D eigenvalue weighted by Gasteiger charge is -2.04. The third-order valence-electron chi connectivity index (χ3n) is 3.25. The van der Waals surface area contributed by atoms with Crippen LogP contribution < -0.4 is 5.32 Å². The minimum Gasteiger partial charge on any atom is -0.361 e. The maximum atomic E-state index is 11.7. The van der Waals surface area contributed by atoms with Gasteiger partial charge in [0.2, 0.25) is 5.91 Å². The molecule has 7 nitrogen and oxygen atoms in total. The van der Waals surface area contributed by atoms with Crippen LogP contribution >= 0.6 is 0 Å². The van der Waals surface area contributed by atoms with E-state index in [0.717, 1.165) is 24.1 Å². The molecule has 1 aliphatic rings. The summed E-state index contributed by atoms with van der Waals surface area (Å²) in [5, 5.41) is 10.2. The monoisotopic (exact) mass is 283 g/mol. The predicted octanol–water partition coefficient (Wildman–Crippen LogP) is 3.50. The van der Waals surface area contributed by atoms with Crippen molar-refractivity contribution in [2.45, 2.75) is 19.4 Å². The van der Waals surface area contributed by atoms with Gasteiger partial charge in [0, 0.05) is 28.1 Å². The number of rotatable bonds is 5. The molecule has 1 N–H and O–H groups in total. The number of benzene rings is 1. The van der Waals surface area contributed by atoms with Crippen LogP contribution in [0.5, 0.6) is 0 Å². The Balaban J connectivity index is 1.69. The summed E-state index contributed by atoms with van der Waals surface area (Å²) >= 11 is 0. The van der Waals surface area contributed by atoms with Crippen LogP contribution in [0.25, 0.3) is 21.7 Å². The first-order chi connectivity index (χ1) is 10.3. The molecule has 2 aromatic rings. The molecule has 1 amide bonds. The molecule has 0 bridgehead atoms. The van der Waals surface area contributed by atoms with E-state index >= 15 is 0 Å². The Kier molecular flexibility index (Phi) is 3.57. The van der Waals surface area contributed by atoms with E-state index in [1.807, 2.05) is 24.3 Å². The Morgan fingerprint density at radius 1 is 1.43 bits per heavy atom. The third kappa shape index (κ3) is 3.21. The number of aromatic nitrogens is 1. The van der Waals surface area contributed by atoms with E-state index in [-0.39, 0.29) is 18.4 Å². The molecule has 1 aliphatic carbocycles. The molecule has 1 saturated carbocycles. The number of amides is 1. The van der Waals surface area contributed by atoms with Gasteiger partial charge in [0.05, 0.1) is 6.54 Å².